The number of nitrogens with zero attached hydrogens (tertiary/aromatic N) is 4. The maximum atomic E-state index is 5.84. The van der Waals surface area contributed by atoms with Gasteiger partial charge in [-0.25, -0.2) is 4.98 Å². The van der Waals surface area contributed by atoms with E-state index in [9.17, 15) is 0 Å². The van der Waals surface area contributed by atoms with Gasteiger partial charge in [0.2, 0.25) is 0 Å². The molecule has 5 rings (SSSR count). The molecule has 1 aliphatic heterocycles. The molecule has 4 aromatic rings. The lowest BCUT2D eigenvalue weighted by Gasteiger charge is -2.28. The Bertz CT molecular complexity index is 1270. The van der Waals surface area contributed by atoms with Crippen LogP contribution >= 0.6 is 12.2 Å². The quantitative estimate of drug-likeness (QED) is 0.433. The number of thiocarbonyl (C=S) groups is 1. The van der Waals surface area contributed by atoms with Crippen LogP contribution in [0.1, 0.15) is 40.3 Å². The van der Waals surface area contributed by atoms with Gasteiger partial charge in [-0.15, -0.1) is 0 Å². The second kappa shape index (κ2) is 8.20. The summed E-state index contributed by atoms with van der Waals surface area (Å²) in [6, 6.07) is 22.6. The summed E-state index contributed by atoms with van der Waals surface area (Å²) in [5, 5.41) is 4.25. The third-order valence-corrected chi connectivity index (χ3v) is 6.43. The van der Waals surface area contributed by atoms with Crippen molar-refractivity contribution in [3.05, 3.63) is 107 Å². The second-order valence-corrected chi connectivity index (χ2v) is 8.52. The van der Waals surface area contributed by atoms with Crippen molar-refractivity contribution >= 4 is 23.0 Å². The minimum Gasteiger partial charge on any atom is -0.351 e. The Balaban J connectivity index is 1.70. The van der Waals surface area contributed by atoms with Crippen molar-refractivity contribution in [1.82, 2.24) is 19.9 Å². The van der Waals surface area contributed by atoms with Crippen LogP contribution in [0.2, 0.25) is 0 Å². The highest BCUT2D eigenvalue weighted by Gasteiger charge is 2.42. The highest BCUT2D eigenvalue weighted by molar-refractivity contribution is 7.80. The number of hydrogen-bond donors (Lipinski definition) is 1. The third kappa shape index (κ3) is 3.37. The normalized spacial score (nSPS) is 18.1. The van der Waals surface area contributed by atoms with E-state index in [2.05, 4.69) is 75.9 Å². The summed E-state index contributed by atoms with van der Waals surface area (Å²) in [4.78, 5) is 11.6. The molecule has 1 aromatic carbocycles. The molecular formula is C26H25N5S. The van der Waals surface area contributed by atoms with Gasteiger partial charge >= 0.3 is 0 Å². The molecule has 1 saturated heterocycles. The molecule has 32 heavy (non-hydrogen) atoms. The minimum atomic E-state index is -0.0670. The lowest BCUT2D eigenvalue weighted by molar-refractivity contribution is 0.565. The van der Waals surface area contributed by atoms with Crippen molar-refractivity contribution in [1.29, 1.82) is 0 Å². The van der Waals surface area contributed by atoms with Crippen LogP contribution in [-0.4, -0.2) is 19.6 Å². The number of hydrogen-bond acceptors (Lipinski definition) is 3. The monoisotopic (exact) mass is 439 g/mol. The molecule has 2 unspecified atom stereocenters. The zero-order valence-electron chi connectivity index (χ0n) is 18.4. The largest absolute Gasteiger partial charge is 0.351 e. The van der Waals surface area contributed by atoms with Gasteiger partial charge in [-0.3, -0.25) is 4.98 Å². The molecule has 0 radical (unpaired) electrons. The highest BCUT2D eigenvalue weighted by Crippen LogP contribution is 2.43. The Morgan fingerprint density at radius 3 is 2.34 bits per heavy atom. The lowest BCUT2D eigenvalue weighted by Crippen LogP contribution is -2.29. The van der Waals surface area contributed by atoms with Gasteiger partial charge in [0.25, 0.3) is 0 Å². The number of rotatable bonds is 4. The number of benzene rings is 1. The summed E-state index contributed by atoms with van der Waals surface area (Å²) in [5.74, 6) is 0.961. The molecule has 0 amide bonds. The van der Waals surface area contributed by atoms with E-state index in [-0.39, 0.29) is 12.1 Å². The molecule has 5 nitrogen and oxygen atoms in total. The highest BCUT2D eigenvalue weighted by atomic mass is 32.1. The molecule has 1 fully saturated rings. The van der Waals surface area contributed by atoms with E-state index in [0.717, 1.165) is 34.2 Å². The number of aromatic nitrogens is 3. The third-order valence-electron chi connectivity index (χ3n) is 6.12. The first-order valence-corrected chi connectivity index (χ1v) is 11.1. The van der Waals surface area contributed by atoms with Crippen molar-refractivity contribution in [3.63, 3.8) is 0 Å². The summed E-state index contributed by atoms with van der Waals surface area (Å²) in [5.41, 5.74) is 6.68. The molecule has 4 heterocycles. The molecule has 0 spiro atoms. The van der Waals surface area contributed by atoms with Gasteiger partial charge in [-0.1, -0.05) is 30.3 Å². The van der Waals surface area contributed by atoms with Gasteiger partial charge in [0, 0.05) is 29.5 Å². The van der Waals surface area contributed by atoms with Crippen LogP contribution in [0, 0.1) is 20.8 Å². The van der Waals surface area contributed by atoms with Crippen molar-refractivity contribution < 1.29 is 0 Å². The van der Waals surface area contributed by atoms with Gasteiger partial charge in [0.05, 0.1) is 17.8 Å². The molecule has 3 aromatic heterocycles. The number of aryl methyl sites for hydroxylation is 2. The molecule has 6 heteroatoms. The molecule has 1 N–H and O–H groups in total. The van der Waals surface area contributed by atoms with Crippen molar-refractivity contribution in [2.75, 3.05) is 4.90 Å². The van der Waals surface area contributed by atoms with Gasteiger partial charge in [-0.2, -0.15) is 0 Å². The fourth-order valence-corrected chi connectivity index (χ4v) is 5.01. The Hall–Kier alpha value is -3.51. The number of para-hydroxylation sites is 1. The van der Waals surface area contributed by atoms with E-state index < -0.39 is 0 Å². The van der Waals surface area contributed by atoms with Crippen LogP contribution in [0.4, 0.5) is 5.69 Å². The van der Waals surface area contributed by atoms with Crippen LogP contribution in [0.3, 0.4) is 0 Å². The smallest absolute Gasteiger partial charge is 0.174 e. The average Bonchev–Trinajstić information content (AvgIpc) is 3.31. The molecule has 1 aliphatic rings. The van der Waals surface area contributed by atoms with E-state index in [1.807, 2.05) is 48.8 Å². The van der Waals surface area contributed by atoms with Crippen LogP contribution in [0.5, 0.6) is 0 Å². The molecular weight excluding hydrogens is 414 g/mol. The van der Waals surface area contributed by atoms with Gasteiger partial charge in [0.1, 0.15) is 5.82 Å². The summed E-state index contributed by atoms with van der Waals surface area (Å²) in [6.45, 7) is 6.39. The summed E-state index contributed by atoms with van der Waals surface area (Å²) < 4.78 is 2.24. The Labute approximate surface area is 193 Å². The Morgan fingerprint density at radius 1 is 0.875 bits per heavy atom. The van der Waals surface area contributed by atoms with Crippen LogP contribution in [0.25, 0.3) is 5.82 Å². The molecule has 2 atom stereocenters. The van der Waals surface area contributed by atoms with Crippen molar-refractivity contribution in [2.45, 2.75) is 32.9 Å². The fraction of sp³-hybridized carbons (Fsp3) is 0.192. The number of pyridine rings is 2. The van der Waals surface area contributed by atoms with Crippen molar-refractivity contribution in [3.8, 4) is 5.82 Å². The fourth-order valence-electron chi connectivity index (χ4n) is 4.66. The predicted octanol–water partition coefficient (Wildman–Crippen LogP) is 5.37. The summed E-state index contributed by atoms with van der Waals surface area (Å²) in [7, 11) is 0. The van der Waals surface area contributed by atoms with Crippen LogP contribution in [0.15, 0.2) is 79.1 Å². The topological polar surface area (TPSA) is 46.0 Å². The van der Waals surface area contributed by atoms with E-state index in [4.69, 9.17) is 12.2 Å². The lowest BCUT2D eigenvalue weighted by atomic mass is 9.96. The SMILES string of the molecule is Cc1cccnc1-n1c(C)cc(C2C(c3ccccn3)NC(=S)N2c2ccccc2)c1C. The number of nitrogens with one attached hydrogen (secondary N) is 1. The van der Waals surface area contributed by atoms with E-state index in [1.165, 1.54) is 5.56 Å². The van der Waals surface area contributed by atoms with Crippen LogP contribution < -0.4 is 10.2 Å². The molecule has 0 bridgehead atoms. The first-order chi connectivity index (χ1) is 15.6. The molecule has 0 aliphatic carbocycles. The zero-order valence-corrected chi connectivity index (χ0v) is 19.2. The van der Waals surface area contributed by atoms with Crippen LogP contribution in [-0.2, 0) is 0 Å². The maximum Gasteiger partial charge on any atom is 0.174 e. The van der Waals surface area contributed by atoms with E-state index in [1.54, 1.807) is 0 Å². The standard InChI is InChI=1S/C26H25N5S/c1-17-10-9-15-28-25(17)30-18(2)16-21(19(30)3)24-23(22-13-7-8-14-27-22)29-26(32)31(24)20-11-5-4-6-12-20/h4-16,23-24H,1-3H3,(H,29,32). The zero-order chi connectivity index (χ0) is 22.2. The Kier molecular flexibility index (Phi) is 5.23. The summed E-state index contributed by atoms with van der Waals surface area (Å²) in [6.07, 6.45) is 3.68. The van der Waals surface area contributed by atoms with Crippen molar-refractivity contribution in [2.24, 2.45) is 0 Å². The van der Waals surface area contributed by atoms with Gasteiger partial charge in [-0.05, 0) is 80.5 Å². The first-order valence-electron chi connectivity index (χ1n) is 10.7. The molecule has 0 saturated carbocycles. The average molecular weight is 440 g/mol. The Morgan fingerprint density at radius 2 is 1.62 bits per heavy atom. The van der Waals surface area contributed by atoms with E-state index >= 15 is 0 Å². The minimum absolute atomic E-state index is 0.0382. The summed E-state index contributed by atoms with van der Waals surface area (Å²) >= 11 is 5.84. The maximum absolute atomic E-state index is 5.84. The van der Waals surface area contributed by atoms with Gasteiger partial charge in [0.15, 0.2) is 5.11 Å². The second-order valence-electron chi connectivity index (χ2n) is 8.14. The van der Waals surface area contributed by atoms with E-state index in [0.29, 0.717) is 5.11 Å². The molecule has 160 valence electrons. The van der Waals surface area contributed by atoms with Gasteiger partial charge < -0.3 is 14.8 Å². The first kappa shape index (κ1) is 20.4. The predicted molar refractivity (Wildman–Crippen MR) is 132 cm³/mol. The number of anilines is 1.